The third-order valence-electron chi connectivity index (χ3n) is 2.18. The molecule has 0 bridgehead atoms. The molecule has 0 saturated carbocycles. The van der Waals surface area contributed by atoms with Crippen LogP contribution in [0.1, 0.15) is 17.5 Å². The van der Waals surface area contributed by atoms with Gasteiger partial charge in [-0.15, -0.1) is 0 Å². The summed E-state index contributed by atoms with van der Waals surface area (Å²) in [4.78, 5) is 2.69. The number of hydrogen-bond acceptors (Lipinski definition) is 2. The van der Waals surface area contributed by atoms with Crippen molar-refractivity contribution in [2.45, 2.75) is 12.8 Å². The largest absolute Gasteiger partial charge is 0.330 e. The minimum Gasteiger partial charge on any atom is -0.330 e. The van der Waals surface area contributed by atoms with Crippen LogP contribution in [0, 0.1) is 0 Å². The minimum absolute atomic E-state index is 0.512. The Morgan fingerprint density at radius 1 is 1.31 bits per heavy atom. The summed E-state index contributed by atoms with van der Waals surface area (Å²) >= 11 is 0. The zero-order valence-electron chi connectivity index (χ0n) is 9.21. The van der Waals surface area contributed by atoms with Crippen molar-refractivity contribution in [1.82, 2.24) is 0 Å². The van der Waals surface area contributed by atoms with E-state index in [1.807, 2.05) is 12.2 Å². The zero-order valence-corrected chi connectivity index (χ0v) is 9.21. The van der Waals surface area contributed by atoms with Crippen LogP contribution in [-0.4, -0.2) is 13.1 Å². The summed E-state index contributed by atoms with van der Waals surface area (Å²) in [7, 11) is 0. The van der Waals surface area contributed by atoms with Crippen molar-refractivity contribution in [2.75, 3.05) is 13.1 Å². The van der Waals surface area contributed by atoms with Crippen LogP contribution in [0.5, 0.6) is 0 Å². The van der Waals surface area contributed by atoms with E-state index in [1.165, 1.54) is 5.56 Å². The van der Waals surface area contributed by atoms with Gasteiger partial charge < -0.3 is 5.73 Å². The number of nitrogens with zero attached hydrogens (tertiary/aromatic N) is 3. The Bertz CT molecular complexity index is 375. The molecule has 0 spiro atoms. The predicted molar refractivity (Wildman–Crippen MR) is 66.9 cm³/mol. The number of nitrogens with two attached hydrogens (primary N) is 1. The van der Waals surface area contributed by atoms with Gasteiger partial charge in [0.25, 0.3) is 0 Å². The van der Waals surface area contributed by atoms with Crippen molar-refractivity contribution in [3.05, 3.63) is 51.9 Å². The van der Waals surface area contributed by atoms with Gasteiger partial charge in [-0.2, -0.15) is 0 Å². The molecular formula is C12H16N4. The zero-order chi connectivity index (χ0) is 11.6. The molecule has 0 heterocycles. The quantitative estimate of drug-likeness (QED) is 0.337. The highest BCUT2D eigenvalue weighted by atomic mass is 15.1. The maximum Gasteiger partial charge on any atom is 0.0292 e. The molecule has 0 aromatic heterocycles. The Kier molecular flexibility index (Phi) is 5.78. The monoisotopic (exact) mass is 216 g/mol. The number of benzene rings is 1. The first-order valence-electron chi connectivity index (χ1n) is 5.33. The number of rotatable bonds is 6. The lowest BCUT2D eigenvalue weighted by Gasteiger charge is -1.98. The van der Waals surface area contributed by atoms with Crippen molar-refractivity contribution >= 4 is 6.08 Å². The third kappa shape index (κ3) is 4.64. The van der Waals surface area contributed by atoms with Gasteiger partial charge in [-0.3, -0.25) is 0 Å². The van der Waals surface area contributed by atoms with Crippen LogP contribution >= 0.6 is 0 Å². The molecule has 4 nitrogen and oxygen atoms in total. The first kappa shape index (κ1) is 12.3. The summed E-state index contributed by atoms with van der Waals surface area (Å²) in [6.45, 7) is 1.19. The lowest BCUT2D eigenvalue weighted by Crippen LogP contribution is -2.02. The molecule has 0 fully saturated rings. The van der Waals surface area contributed by atoms with Crippen molar-refractivity contribution in [2.24, 2.45) is 10.8 Å². The van der Waals surface area contributed by atoms with Crippen LogP contribution in [0.2, 0.25) is 0 Å². The molecule has 0 aliphatic rings. The Hall–Kier alpha value is -1.77. The van der Waals surface area contributed by atoms with Crippen LogP contribution in [-0.2, 0) is 6.42 Å². The fourth-order valence-electron chi connectivity index (χ4n) is 1.36. The molecule has 1 aromatic rings. The average Bonchev–Trinajstić information content (AvgIpc) is 2.31. The number of azide groups is 1. The molecule has 0 unspecified atom stereocenters. The van der Waals surface area contributed by atoms with Gasteiger partial charge in [-0.05, 0) is 36.0 Å². The summed E-state index contributed by atoms with van der Waals surface area (Å²) in [6.07, 6.45) is 5.72. The normalized spacial score (nSPS) is 10.3. The van der Waals surface area contributed by atoms with Crippen LogP contribution in [0.15, 0.2) is 35.5 Å². The maximum atomic E-state index is 8.09. The Labute approximate surface area is 95.4 Å². The molecular weight excluding hydrogens is 200 g/mol. The smallest absolute Gasteiger partial charge is 0.0292 e. The second-order valence-corrected chi connectivity index (χ2v) is 3.43. The molecule has 84 valence electrons. The topological polar surface area (TPSA) is 74.8 Å². The van der Waals surface area contributed by atoms with Crippen LogP contribution in [0.25, 0.3) is 16.5 Å². The molecule has 0 aliphatic heterocycles. The first-order valence-corrected chi connectivity index (χ1v) is 5.33. The van der Waals surface area contributed by atoms with Gasteiger partial charge >= 0.3 is 0 Å². The molecule has 2 N–H and O–H groups in total. The lowest BCUT2D eigenvalue weighted by atomic mass is 10.1. The van der Waals surface area contributed by atoms with Crippen molar-refractivity contribution in [3.8, 4) is 0 Å². The molecule has 0 radical (unpaired) electrons. The Morgan fingerprint density at radius 2 is 2.06 bits per heavy atom. The van der Waals surface area contributed by atoms with E-state index in [1.54, 1.807) is 0 Å². The number of hydrogen-bond donors (Lipinski definition) is 1. The molecule has 16 heavy (non-hydrogen) atoms. The highest BCUT2D eigenvalue weighted by Gasteiger charge is 1.90. The van der Waals surface area contributed by atoms with Crippen LogP contribution in [0.4, 0.5) is 0 Å². The first-order chi connectivity index (χ1) is 7.86. The van der Waals surface area contributed by atoms with E-state index < -0.39 is 0 Å². The Morgan fingerprint density at radius 3 is 2.69 bits per heavy atom. The van der Waals surface area contributed by atoms with Crippen molar-refractivity contribution < 1.29 is 0 Å². The van der Waals surface area contributed by atoms with Gasteiger partial charge in [-0.25, -0.2) is 0 Å². The van der Waals surface area contributed by atoms with Gasteiger partial charge in [0.15, 0.2) is 0 Å². The second kappa shape index (κ2) is 7.51. The second-order valence-electron chi connectivity index (χ2n) is 3.43. The summed E-state index contributed by atoms with van der Waals surface area (Å²) in [5.41, 5.74) is 16.0. The molecule has 4 heteroatoms. The van der Waals surface area contributed by atoms with E-state index in [2.05, 4.69) is 34.3 Å². The van der Waals surface area contributed by atoms with E-state index in [-0.39, 0.29) is 0 Å². The Balaban J connectivity index is 2.44. The van der Waals surface area contributed by atoms with Gasteiger partial charge in [0.05, 0.1) is 0 Å². The standard InChI is InChI=1S/C12H16N4/c13-9-8-12-6-4-11(5-7-12)3-1-2-10-15-16-14/h1,3-7H,2,8-10,13H2. The van der Waals surface area contributed by atoms with Crippen LogP contribution in [0.3, 0.4) is 0 Å². The molecule has 1 rings (SSSR count). The SMILES string of the molecule is [N-]=[N+]=NCCC=Cc1ccc(CCN)cc1. The third-order valence-corrected chi connectivity index (χ3v) is 2.18. The lowest BCUT2D eigenvalue weighted by molar-refractivity contribution is 0.968. The molecule has 0 saturated heterocycles. The van der Waals surface area contributed by atoms with Crippen molar-refractivity contribution in [3.63, 3.8) is 0 Å². The van der Waals surface area contributed by atoms with E-state index in [4.69, 9.17) is 11.3 Å². The summed E-state index contributed by atoms with van der Waals surface area (Å²) in [5.74, 6) is 0. The van der Waals surface area contributed by atoms with E-state index in [0.717, 1.165) is 18.4 Å². The summed E-state index contributed by atoms with van der Waals surface area (Å²) < 4.78 is 0. The van der Waals surface area contributed by atoms with E-state index >= 15 is 0 Å². The van der Waals surface area contributed by atoms with Gasteiger partial charge in [0, 0.05) is 11.5 Å². The summed E-state index contributed by atoms with van der Waals surface area (Å²) in [5, 5.41) is 3.46. The minimum atomic E-state index is 0.512. The molecule has 0 amide bonds. The molecule has 0 aliphatic carbocycles. The van der Waals surface area contributed by atoms with Crippen molar-refractivity contribution in [1.29, 1.82) is 0 Å². The average molecular weight is 216 g/mol. The fourth-order valence-corrected chi connectivity index (χ4v) is 1.36. The van der Waals surface area contributed by atoms with Crippen LogP contribution < -0.4 is 5.73 Å². The summed E-state index contributed by atoms with van der Waals surface area (Å²) in [6, 6.07) is 8.30. The van der Waals surface area contributed by atoms with E-state index in [0.29, 0.717) is 13.1 Å². The van der Waals surface area contributed by atoms with Gasteiger partial charge in [0.2, 0.25) is 0 Å². The van der Waals surface area contributed by atoms with Gasteiger partial charge in [0.1, 0.15) is 0 Å². The molecule has 1 aromatic carbocycles. The van der Waals surface area contributed by atoms with Gasteiger partial charge in [-0.1, -0.05) is 41.5 Å². The fraction of sp³-hybridized carbons (Fsp3) is 0.333. The predicted octanol–water partition coefficient (Wildman–Crippen LogP) is 2.90. The van der Waals surface area contributed by atoms with E-state index in [9.17, 15) is 0 Å². The maximum absolute atomic E-state index is 8.09. The highest BCUT2D eigenvalue weighted by Crippen LogP contribution is 2.07. The molecule has 0 atom stereocenters. The highest BCUT2D eigenvalue weighted by molar-refractivity contribution is 5.49.